The molecule has 2 amide bonds. The average Bonchev–Trinajstić information content (AvgIpc) is 2.76. The number of pyridine rings is 1. The van der Waals surface area contributed by atoms with Gasteiger partial charge in [-0.15, -0.1) is 0 Å². The fraction of sp³-hybridized carbons (Fsp3) is 0.381. The Bertz CT molecular complexity index is 1210. The Morgan fingerprint density at radius 2 is 1.91 bits per heavy atom. The van der Waals surface area contributed by atoms with E-state index in [0.717, 1.165) is 10.6 Å². The number of hydrogen-bond donors (Lipinski definition) is 2. The molecule has 12 heteroatoms. The largest absolute Gasteiger partial charge is 0.359 e. The zero-order chi connectivity index (χ0) is 24.2. The van der Waals surface area contributed by atoms with Crippen molar-refractivity contribution in [2.24, 2.45) is 0 Å². The van der Waals surface area contributed by atoms with E-state index in [9.17, 15) is 22.8 Å². The van der Waals surface area contributed by atoms with Gasteiger partial charge in [0.05, 0.1) is 22.2 Å². The zero-order valence-electron chi connectivity index (χ0n) is 18.4. The summed E-state index contributed by atoms with van der Waals surface area (Å²) < 4.78 is 27.8. The maximum absolute atomic E-state index is 12.7. The third-order valence-corrected chi connectivity index (χ3v) is 7.56. The molecule has 1 aliphatic rings. The van der Waals surface area contributed by atoms with Crippen molar-refractivity contribution in [3.05, 3.63) is 51.9 Å². The number of aromatic nitrogens is 1. The fourth-order valence-electron chi connectivity index (χ4n) is 3.54. The Morgan fingerprint density at radius 1 is 1.18 bits per heavy atom. The molecule has 2 N–H and O–H groups in total. The van der Waals surface area contributed by atoms with E-state index in [-0.39, 0.29) is 37.0 Å². The number of anilines is 2. The summed E-state index contributed by atoms with van der Waals surface area (Å²) in [6, 6.07) is 7.29. The summed E-state index contributed by atoms with van der Waals surface area (Å²) in [5.41, 5.74) is 0.589. The number of carbonyl (C=O) groups excluding carboxylic acids is 2. The minimum Gasteiger partial charge on any atom is -0.359 e. The van der Waals surface area contributed by atoms with E-state index < -0.39 is 21.5 Å². The van der Waals surface area contributed by atoms with Gasteiger partial charge in [-0.2, -0.15) is 4.31 Å². The molecule has 1 aliphatic heterocycles. The van der Waals surface area contributed by atoms with Crippen molar-refractivity contribution in [3.8, 4) is 0 Å². The Hall–Kier alpha value is -2.89. The van der Waals surface area contributed by atoms with Gasteiger partial charge >= 0.3 is 0 Å². The Labute approximate surface area is 197 Å². The van der Waals surface area contributed by atoms with Crippen molar-refractivity contribution < 1.29 is 18.0 Å². The molecule has 1 saturated heterocycles. The lowest BCUT2D eigenvalue weighted by Crippen LogP contribution is -2.47. The van der Waals surface area contributed by atoms with Gasteiger partial charge in [-0.3, -0.25) is 14.4 Å². The van der Waals surface area contributed by atoms with Gasteiger partial charge in [-0.25, -0.2) is 8.42 Å². The molecular weight excluding hydrogens is 470 g/mol. The third-order valence-electron chi connectivity index (χ3n) is 5.22. The molecule has 0 aliphatic carbocycles. The molecule has 0 atom stereocenters. The number of piperazine rings is 1. The highest BCUT2D eigenvalue weighted by Crippen LogP contribution is 2.29. The van der Waals surface area contributed by atoms with Crippen molar-refractivity contribution in [1.82, 2.24) is 14.2 Å². The average molecular weight is 496 g/mol. The molecule has 1 aromatic carbocycles. The van der Waals surface area contributed by atoms with E-state index in [1.165, 1.54) is 16.6 Å². The molecule has 3 rings (SSSR count). The molecule has 0 saturated carbocycles. The molecule has 1 aromatic heterocycles. The lowest BCUT2D eigenvalue weighted by Gasteiger charge is -2.29. The summed E-state index contributed by atoms with van der Waals surface area (Å²) in [4.78, 5) is 38.1. The molecule has 0 bridgehead atoms. The minimum absolute atomic E-state index is 0.0587. The van der Waals surface area contributed by atoms with Crippen LogP contribution in [0.2, 0.25) is 5.02 Å². The molecule has 2 heterocycles. The van der Waals surface area contributed by atoms with Crippen LogP contribution >= 0.6 is 11.6 Å². The number of rotatable bonds is 8. The topological polar surface area (TPSA) is 121 Å². The van der Waals surface area contributed by atoms with E-state index in [1.54, 1.807) is 32.0 Å². The Kier molecular flexibility index (Phi) is 7.77. The number of nitrogens with one attached hydrogen (secondary N) is 2. The first-order valence-electron chi connectivity index (χ1n) is 10.5. The van der Waals surface area contributed by atoms with Gasteiger partial charge in [0.25, 0.3) is 5.56 Å². The number of halogens is 1. The summed E-state index contributed by atoms with van der Waals surface area (Å²) in [5, 5.41) is 5.77. The van der Waals surface area contributed by atoms with Crippen LogP contribution in [0.3, 0.4) is 0 Å². The summed E-state index contributed by atoms with van der Waals surface area (Å²) in [7, 11) is -3.77. The van der Waals surface area contributed by atoms with Crippen LogP contribution in [0.15, 0.2) is 46.2 Å². The molecular formula is C21H26ClN5O5S. The Balaban J connectivity index is 1.74. The number of carbonyl (C=O) groups is 2. The van der Waals surface area contributed by atoms with E-state index in [0.29, 0.717) is 29.5 Å². The second-order valence-corrected chi connectivity index (χ2v) is 9.75. The SMILES string of the molecule is CCN(CC)S(=O)(=O)c1ccc(=O)n(CC(=O)Nc2ccc(N3CCNC(=O)C3)c(Cl)c2)c1. The number of benzene rings is 1. The van der Waals surface area contributed by atoms with Crippen LogP contribution in [0.4, 0.5) is 11.4 Å². The first-order chi connectivity index (χ1) is 15.6. The second-order valence-electron chi connectivity index (χ2n) is 7.41. The van der Waals surface area contributed by atoms with E-state index >= 15 is 0 Å². The smallest absolute Gasteiger partial charge is 0.251 e. The van der Waals surface area contributed by atoms with Crippen LogP contribution in [-0.4, -0.2) is 61.8 Å². The predicted octanol–water partition coefficient (Wildman–Crippen LogP) is 1.11. The first kappa shape index (κ1) is 24.7. The van der Waals surface area contributed by atoms with E-state index in [1.807, 2.05) is 4.90 Å². The van der Waals surface area contributed by atoms with Crippen molar-refractivity contribution in [1.29, 1.82) is 0 Å². The molecule has 0 spiro atoms. The van der Waals surface area contributed by atoms with Crippen molar-refractivity contribution in [2.45, 2.75) is 25.3 Å². The summed E-state index contributed by atoms with van der Waals surface area (Å²) in [5.74, 6) is -0.610. The Morgan fingerprint density at radius 3 is 2.55 bits per heavy atom. The highest BCUT2D eigenvalue weighted by molar-refractivity contribution is 7.89. The minimum atomic E-state index is -3.77. The number of sulfonamides is 1. The van der Waals surface area contributed by atoms with Crippen LogP contribution in [0, 0.1) is 0 Å². The zero-order valence-corrected chi connectivity index (χ0v) is 19.9. The maximum Gasteiger partial charge on any atom is 0.251 e. The van der Waals surface area contributed by atoms with E-state index in [2.05, 4.69) is 10.6 Å². The summed E-state index contributed by atoms with van der Waals surface area (Å²) in [6.45, 7) is 4.99. The lowest BCUT2D eigenvalue weighted by atomic mass is 10.2. The number of nitrogens with zero attached hydrogens (tertiary/aromatic N) is 3. The molecule has 10 nitrogen and oxygen atoms in total. The standard InChI is InChI=1S/C21H26ClN5O5S/c1-3-27(4-2)33(31,32)16-6-8-21(30)26(12-16)14-20(29)24-15-5-7-18(17(22)11-15)25-10-9-23-19(28)13-25/h5-8,11-12H,3-4,9-10,13-14H2,1-2H3,(H,23,28)(H,24,29). The monoisotopic (exact) mass is 495 g/mol. The van der Waals surface area contributed by atoms with Crippen LogP contribution in [-0.2, 0) is 26.2 Å². The van der Waals surface area contributed by atoms with Gasteiger partial charge in [-0.05, 0) is 24.3 Å². The number of hydrogen-bond acceptors (Lipinski definition) is 6. The molecule has 0 unspecified atom stereocenters. The van der Waals surface area contributed by atoms with Crippen LogP contribution in [0.5, 0.6) is 0 Å². The summed E-state index contributed by atoms with van der Waals surface area (Å²) in [6.07, 6.45) is 1.17. The van der Waals surface area contributed by atoms with Gasteiger partial charge in [0.2, 0.25) is 21.8 Å². The molecule has 33 heavy (non-hydrogen) atoms. The van der Waals surface area contributed by atoms with Gasteiger partial charge < -0.3 is 20.1 Å². The molecule has 2 aromatic rings. The third kappa shape index (κ3) is 5.73. The predicted molar refractivity (Wildman–Crippen MR) is 126 cm³/mol. The maximum atomic E-state index is 12.7. The summed E-state index contributed by atoms with van der Waals surface area (Å²) >= 11 is 6.36. The quantitative estimate of drug-likeness (QED) is 0.566. The fourth-order valence-corrected chi connectivity index (χ4v) is 5.32. The van der Waals surface area contributed by atoms with Gasteiger partial charge in [0.15, 0.2) is 0 Å². The molecule has 178 valence electrons. The normalized spacial score (nSPS) is 14.3. The van der Waals surface area contributed by atoms with Crippen molar-refractivity contribution in [3.63, 3.8) is 0 Å². The highest BCUT2D eigenvalue weighted by atomic mass is 35.5. The first-order valence-corrected chi connectivity index (χ1v) is 12.3. The second kappa shape index (κ2) is 10.4. The van der Waals surface area contributed by atoms with E-state index in [4.69, 9.17) is 11.6 Å². The molecule has 1 fully saturated rings. The lowest BCUT2D eigenvalue weighted by molar-refractivity contribution is -0.120. The van der Waals surface area contributed by atoms with Gasteiger partial charge in [0.1, 0.15) is 6.54 Å². The van der Waals surface area contributed by atoms with Gasteiger partial charge in [0, 0.05) is 44.1 Å². The van der Waals surface area contributed by atoms with Crippen molar-refractivity contribution in [2.75, 3.05) is 42.9 Å². The highest BCUT2D eigenvalue weighted by Gasteiger charge is 2.23. The number of amides is 2. The van der Waals surface area contributed by atoms with Crippen LogP contribution in [0.1, 0.15) is 13.8 Å². The van der Waals surface area contributed by atoms with Crippen LogP contribution in [0.25, 0.3) is 0 Å². The van der Waals surface area contributed by atoms with Gasteiger partial charge in [-0.1, -0.05) is 25.4 Å². The van der Waals surface area contributed by atoms with Crippen molar-refractivity contribution >= 4 is 44.8 Å². The van der Waals surface area contributed by atoms with Crippen LogP contribution < -0.4 is 21.1 Å². The molecule has 0 radical (unpaired) electrons.